The van der Waals surface area contributed by atoms with E-state index in [-0.39, 0.29) is 11.7 Å². The normalized spacial score (nSPS) is 11.3. The number of hydrogen-bond acceptors (Lipinski definition) is 2. The van der Waals surface area contributed by atoms with Gasteiger partial charge in [0, 0.05) is 11.5 Å². The lowest BCUT2D eigenvalue weighted by molar-refractivity contribution is 0.0939. The summed E-state index contributed by atoms with van der Waals surface area (Å²) in [6.07, 6.45) is 5.24. The molecule has 0 spiro atoms. The molecule has 0 saturated heterocycles. The fourth-order valence-corrected chi connectivity index (χ4v) is 1.54. The topological polar surface area (TPSA) is 29.1 Å². The highest BCUT2D eigenvalue weighted by Crippen LogP contribution is 2.11. The van der Waals surface area contributed by atoms with Crippen LogP contribution in [-0.4, -0.2) is 19.4 Å². The first-order valence-electron chi connectivity index (χ1n) is 6.10. The van der Waals surface area contributed by atoms with E-state index in [0.717, 1.165) is 24.1 Å². The van der Waals surface area contributed by atoms with E-state index in [4.69, 9.17) is 0 Å². The first-order valence-corrected chi connectivity index (χ1v) is 6.10. The number of nitrogens with one attached hydrogen (secondary N) is 1. The summed E-state index contributed by atoms with van der Waals surface area (Å²) in [6.45, 7) is 4.84. The second kappa shape index (κ2) is 7.02. The van der Waals surface area contributed by atoms with Crippen molar-refractivity contribution < 1.29 is 4.79 Å². The molecule has 1 rings (SSSR count). The van der Waals surface area contributed by atoms with E-state index < -0.39 is 0 Å². The number of hydrogen-bond donors (Lipinski definition) is 1. The molecule has 0 heterocycles. The van der Waals surface area contributed by atoms with E-state index in [1.54, 1.807) is 0 Å². The Kier molecular flexibility index (Phi) is 5.64. The van der Waals surface area contributed by atoms with E-state index in [2.05, 4.69) is 17.5 Å². The van der Waals surface area contributed by atoms with E-state index in [1.165, 1.54) is 0 Å². The zero-order valence-corrected chi connectivity index (χ0v) is 10.9. The molecule has 0 saturated carbocycles. The molecule has 2 heteroatoms. The van der Waals surface area contributed by atoms with Gasteiger partial charge in [0.2, 0.25) is 0 Å². The molecule has 0 atom stereocenters. The van der Waals surface area contributed by atoms with E-state index in [9.17, 15) is 4.79 Å². The van der Waals surface area contributed by atoms with Crippen LogP contribution in [0, 0.1) is 5.92 Å². The Hall–Kier alpha value is -1.41. The molecule has 0 amide bonds. The van der Waals surface area contributed by atoms with E-state index in [0.29, 0.717) is 0 Å². The lowest BCUT2D eigenvalue weighted by atomic mass is 10.00. The van der Waals surface area contributed by atoms with Crippen molar-refractivity contribution in [1.82, 2.24) is 5.32 Å². The fraction of sp³-hybridized carbons (Fsp3) is 0.400. The molecule has 0 radical (unpaired) electrons. The van der Waals surface area contributed by atoms with Gasteiger partial charge in [0.25, 0.3) is 0 Å². The summed E-state index contributed by atoms with van der Waals surface area (Å²) in [4.78, 5) is 11.7. The van der Waals surface area contributed by atoms with Crippen molar-refractivity contribution in [3.05, 3.63) is 41.5 Å². The number of rotatable bonds is 6. The summed E-state index contributed by atoms with van der Waals surface area (Å²) in [7, 11) is 1.94. The minimum atomic E-state index is 0.0621. The lowest BCUT2D eigenvalue weighted by Crippen LogP contribution is -2.06. The smallest absolute Gasteiger partial charge is 0.165 e. The van der Waals surface area contributed by atoms with Crippen LogP contribution in [0.15, 0.2) is 30.3 Å². The number of carbonyl (C=O) groups excluding carboxylic acids is 1. The maximum atomic E-state index is 11.7. The molecule has 1 aromatic carbocycles. The first kappa shape index (κ1) is 13.7. The van der Waals surface area contributed by atoms with Crippen LogP contribution in [0.5, 0.6) is 0 Å². The van der Waals surface area contributed by atoms with Gasteiger partial charge in [-0.1, -0.05) is 50.3 Å². The zero-order valence-electron chi connectivity index (χ0n) is 10.9. The molecule has 0 fully saturated rings. The third-order valence-electron chi connectivity index (χ3n) is 2.59. The molecule has 0 unspecified atom stereocenters. The Balaban J connectivity index is 2.62. The lowest BCUT2D eigenvalue weighted by Gasteiger charge is -2.04. The second-order valence-corrected chi connectivity index (χ2v) is 4.44. The number of Topliss-reactive ketones (excluding diaryl/α,β-unsaturated/α-hetero) is 1. The van der Waals surface area contributed by atoms with Gasteiger partial charge in [0.15, 0.2) is 5.78 Å². The van der Waals surface area contributed by atoms with Crippen LogP contribution in [-0.2, 0) is 0 Å². The Labute approximate surface area is 104 Å². The van der Waals surface area contributed by atoms with Gasteiger partial charge in [0.1, 0.15) is 0 Å². The van der Waals surface area contributed by atoms with Gasteiger partial charge in [-0.2, -0.15) is 0 Å². The predicted octanol–water partition coefficient (Wildman–Crippen LogP) is 3.15. The summed E-state index contributed by atoms with van der Waals surface area (Å²) in [6, 6.07) is 7.79. The summed E-state index contributed by atoms with van der Waals surface area (Å²) in [5, 5.41) is 3.09. The molecule has 0 aliphatic rings. The van der Waals surface area contributed by atoms with Crippen LogP contribution in [0.25, 0.3) is 6.08 Å². The van der Waals surface area contributed by atoms with Crippen molar-refractivity contribution >= 4 is 11.9 Å². The summed E-state index contributed by atoms with van der Waals surface area (Å²) >= 11 is 0. The molecule has 1 N–H and O–H groups in total. The molecule has 92 valence electrons. The van der Waals surface area contributed by atoms with Gasteiger partial charge in [-0.05, 0) is 25.6 Å². The molecule has 17 heavy (non-hydrogen) atoms. The van der Waals surface area contributed by atoms with Crippen molar-refractivity contribution in [2.45, 2.75) is 20.3 Å². The number of carbonyl (C=O) groups is 1. The van der Waals surface area contributed by atoms with E-state index >= 15 is 0 Å². The van der Waals surface area contributed by atoms with Crippen molar-refractivity contribution in [3.8, 4) is 0 Å². The third-order valence-corrected chi connectivity index (χ3v) is 2.59. The Bertz CT molecular complexity index is 376. The van der Waals surface area contributed by atoms with Crippen molar-refractivity contribution in [2.24, 2.45) is 5.92 Å². The SMILES string of the molecule is CNCCC=Cc1ccc(C(=O)C(C)C)cc1. The molecule has 2 nitrogen and oxygen atoms in total. The Morgan fingerprint density at radius 3 is 2.47 bits per heavy atom. The largest absolute Gasteiger partial charge is 0.319 e. The molecule has 0 aliphatic carbocycles. The average Bonchev–Trinajstić information content (AvgIpc) is 2.34. The highest BCUT2D eigenvalue weighted by Gasteiger charge is 2.08. The number of ketones is 1. The minimum Gasteiger partial charge on any atom is -0.319 e. The van der Waals surface area contributed by atoms with Crippen molar-refractivity contribution in [2.75, 3.05) is 13.6 Å². The van der Waals surface area contributed by atoms with Crippen LogP contribution >= 0.6 is 0 Å². The maximum Gasteiger partial charge on any atom is 0.165 e. The summed E-state index contributed by atoms with van der Waals surface area (Å²) < 4.78 is 0. The van der Waals surface area contributed by atoms with Gasteiger partial charge >= 0.3 is 0 Å². The van der Waals surface area contributed by atoms with Crippen LogP contribution in [0.1, 0.15) is 36.2 Å². The minimum absolute atomic E-state index is 0.0621. The Morgan fingerprint density at radius 1 is 1.29 bits per heavy atom. The van der Waals surface area contributed by atoms with Gasteiger partial charge in [0.05, 0.1) is 0 Å². The van der Waals surface area contributed by atoms with Crippen molar-refractivity contribution in [3.63, 3.8) is 0 Å². The van der Waals surface area contributed by atoms with Gasteiger partial charge in [-0.3, -0.25) is 4.79 Å². The monoisotopic (exact) mass is 231 g/mol. The summed E-state index contributed by atoms with van der Waals surface area (Å²) in [5.41, 5.74) is 1.94. The first-order chi connectivity index (χ1) is 8.15. The van der Waals surface area contributed by atoms with Crippen LogP contribution in [0.2, 0.25) is 0 Å². The fourth-order valence-electron chi connectivity index (χ4n) is 1.54. The molecule has 0 aromatic heterocycles. The molecule has 0 aliphatic heterocycles. The average molecular weight is 231 g/mol. The molecule has 1 aromatic rings. The zero-order chi connectivity index (χ0) is 12.7. The number of benzene rings is 1. The summed E-state index contributed by atoms with van der Waals surface area (Å²) in [5.74, 6) is 0.266. The predicted molar refractivity (Wildman–Crippen MR) is 73.2 cm³/mol. The van der Waals surface area contributed by atoms with Crippen LogP contribution < -0.4 is 5.32 Å². The van der Waals surface area contributed by atoms with Crippen molar-refractivity contribution in [1.29, 1.82) is 0 Å². The molecular formula is C15H21NO. The standard InChI is InChI=1S/C15H21NO/c1-12(2)15(17)14-9-7-13(8-10-14)6-4-5-11-16-3/h4,6-10,12,16H,5,11H2,1-3H3. The van der Waals surface area contributed by atoms with Crippen LogP contribution in [0.4, 0.5) is 0 Å². The second-order valence-electron chi connectivity index (χ2n) is 4.44. The van der Waals surface area contributed by atoms with Gasteiger partial charge in [-0.25, -0.2) is 0 Å². The highest BCUT2D eigenvalue weighted by molar-refractivity contribution is 5.97. The highest BCUT2D eigenvalue weighted by atomic mass is 16.1. The van der Waals surface area contributed by atoms with Crippen LogP contribution in [0.3, 0.4) is 0 Å². The van der Waals surface area contributed by atoms with E-state index in [1.807, 2.05) is 45.2 Å². The maximum absolute atomic E-state index is 11.7. The van der Waals surface area contributed by atoms with Gasteiger partial charge < -0.3 is 5.32 Å². The molecular weight excluding hydrogens is 210 g/mol. The molecule has 0 bridgehead atoms. The quantitative estimate of drug-likeness (QED) is 0.602. The Morgan fingerprint density at radius 2 is 1.94 bits per heavy atom. The third kappa shape index (κ3) is 4.53. The van der Waals surface area contributed by atoms with Gasteiger partial charge in [-0.15, -0.1) is 0 Å².